The Kier molecular flexibility index (Phi) is 8.17. The summed E-state index contributed by atoms with van der Waals surface area (Å²) in [4.78, 5) is 43.5. The van der Waals surface area contributed by atoms with Gasteiger partial charge in [0.2, 0.25) is 5.69 Å². The number of benzene rings is 2. The molecule has 44 heavy (non-hydrogen) atoms. The number of carbonyl (C=O) groups excluding carboxylic acids is 1. The Balaban J connectivity index is 1.45. The predicted octanol–water partition coefficient (Wildman–Crippen LogP) is 3.50. The zero-order chi connectivity index (χ0) is 31.7. The summed E-state index contributed by atoms with van der Waals surface area (Å²) in [6, 6.07) is 6.40. The number of aliphatic hydroxyl groups excluding tert-OH is 1. The highest BCUT2D eigenvalue weighted by atomic mass is 19.2. The van der Waals surface area contributed by atoms with Crippen molar-refractivity contribution < 1.29 is 27.8 Å². The van der Waals surface area contributed by atoms with Crippen LogP contribution in [0.3, 0.4) is 0 Å². The Morgan fingerprint density at radius 1 is 1.02 bits per heavy atom. The van der Waals surface area contributed by atoms with Crippen molar-refractivity contribution in [2.75, 3.05) is 17.2 Å². The molecule has 0 bridgehead atoms. The molecule has 5 rings (SSSR count). The van der Waals surface area contributed by atoms with E-state index in [2.05, 4.69) is 30.9 Å². The number of hydrogen-bond acceptors (Lipinski definition) is 9. The smallest absolute Gasteiger partial charge is 0.352 e. The number of ether oxygens (including phenoxy) is 1. The van der Waals surface area contributed by atoms with E-state index in [9.17, 15) is 28.3 Å². The van der Waals surface area contributed by atoms with Crippen molar-refractivity contribution in [2.24, 2.45) is 0 Å². The highest BCUT2D eigenvalue weighted by Gasteiger charge is 2.23. The Hall–Kier alpha value is -5.51. The first kappa shape index (κ1) is 30.0. The van der Waals surface area contributed by atoms with E-state index in [0.717, 1.165) is 22.9 Å². The Labute approximate surface area is 245 Å². The molecule has 228 valence electrons. The van der Waals surface area contributed by atoms with Crippen molar-refractivity contribution in [3.8, 4) is 17.2 Å². The number of nitrogens with one attached hydrogen (secondary N) is 3. The topological polar surface area (TPSA) is 169 Å². The van der Waals surface area contributed by atoms with Crippen LogP contribution in [-0.4, -0.2) is 53.2 Å². The fourth-order valence-corrected chi connectivity index (χ4v) is 4.18. The molecule has 13 nitrogen and oxygen atoms in total. The van der Waals surface area contributed by atoms with E-state index in [4.69, 9.17) is 4.74 Å². The van der Waals surface area contributed by atoms with E-state index < -0.39 is 46.3 Å². The second-order valence-electron chi connectivity index (χ2n) is 9.94. The van der Waals surface area contributed by atoms with Gasteiger partial charge >= 0.3 is 5.69 Å². The molecular weight excluding hydrogens is 585 g/mol. The van der Waals surface area contributed by atoms with Crippen LogP contribution in [0.5, 0.6) is 11.5 Å². The van der Waals surface area contributed by atoms with Gasteiger partial charge in [-0.15, -0.1) is 0 Å². The lowest BCUT2D eigenvalue weighted by Gasteiger charge is -2.15. The van der Waals surface area contributed by atoms with Crippen molar-refractivity contribution in [3.05, 3.63) is 92.6 Å². The van der Waals surface area contributed by atoms with Gasteiger partial charge in [-0.2, -0.15) is 10.2 Å². The van der Waals surface area contributed by atoms with Gasteiger partial charge in [-0.1, -0.05) is 0 Å². The normalized spacial score (nSPS) is 12.0. The number of aliphatic hydroxyl groups is 1. The van der Waals surface area contributed by atoms with Gasteiger partial charge in [0.15, 0.2) is 34.7 Å². The number of fused-ring (bicyclic) bond motifs is 1. The van der Waals surface area contributed by atoms with Crippen LogP contribution in [0, 0.1) is 17.5 Å². The van der Waals surface area contributed by atoms with Crippen molar-refractivity contribution in [1.29, 1.82) is 0 Å². The third-order valence-electron chi connectivity index (χ3n) is 6.36. The number of H-pyrrole nitrogens is 1. The lowest BCUT2D eigenvalue weighted by Crippen LogP contribution is -2.45. The molecule has 0 fully saturated rings. The van der Waals surface area contributed by atoms with Crippen LogP contribution in [0.25, 0.3) is 16.7 Å². The number of pyridine rings is 1. The van der Waals surface area contributed by atoms with E-state index in [1.165, 1.54) is 24.4 Å². The van der Waals surface area contributed by atoms with Gasteiger partial charge in [0.05, 0.1) is 18.3 Å². The van der Waals surface area contributed by atoms with Gasteiger partial charge in [0.1, 0.15) is 11.1 Å². The lowest BCUT2D eigenvalue weighted by atomic mass is 10.2. The molecule has 2 aromatic carbocycles. The van der Waals surface area contributed by atoms with E-state index in [-0.39, 0.29) is 35.5 Å². The molecule has 0 unspecified atom stereocenters. The molecule has 4 N–H and O–H groups in total. The molecular formula is C28H25F3N8O5. The van der Waals surface area contributed by atoms with Crippen LogP contribution in [0.15, 0.2) is 58.3 Å². The summed E-state index contributed by atoms with van der Waals surface area (Å²) < 4.78 is 49.7. The third kappa shape index (κ3) is 5.74. The second kappa shape index (κ2) is 12.0. The minimum Gasteiger partial charge on any atom is -0.453 e. The molecule has 0 aliphatic carbocycles. The molecule has 0 aliphatic heterocycles. The lowest BCUT2D eigenvalue weighted by molar-refractivity contribution is 0.101. The molecule has 3 heterocycles. The molecule has 0 saturated heterocycles. The van der Waals surface area contributed by atoms with Crippen LogP contribution in [0.1, 0.15) is 37.3 Å². The maximum absolute atomic E-state index is 15.2. The van der Waals surface area contributed by atoms with Gasteiger partial charge in [-0.05, 0) is 45.0 Å². The largest absolute Gasteiger partial charge is 0.453 e. The number of carbonyl (C=O) groups is 1. The highest BCUT2D eigenvalue weighted by molar-refractivity contribution is 6.02. The molecule has 5 aromatic rings. The predicted molar refractivity (Wildman–Crippen MR) is 153 cm³/mol. The molecule has 0 radical (unpaired) electrons. The van der Waals surface area contributed by atoms with Crippen molar-refractivity contribution in [1.82, 2.24) is 29.5 Å². The Morgan fingerprint density at radius 3 is 2.48 bits per heavy atom. The summed E-state index contributed by atoms with van der Waals surface area (Å²) >= 11 is 0. The summed E-state index contributed by atoms with van der Waals surface area (Å²) in [6.07, 6.45) is 1.43. The number of hydrogen-bond donors (Lipinski definition) is 4. The minimum atomic E-state index is -1.31. The molecule has 3 aromatic heterocycles. The number of aromatic amines is 1. The molecule has 0 saturated carbocycles. The second-order valence-corrected chi connectivity index (χ2v) is 9.94. The molecule has 0 spiro atoms. The van der Waals surface area contributed by atoms with E-state index in [1.807, 2.05) is 0 Å². The van der Waals surface area contributed by atoms with Crippen molar-refractivity contribution in [3.63, 3.8) is 0 Å². The van der Waals surface area contributed by atoms with Crippen LogP contribution in [0.4, 0.5) is 24.7 Å². The minimum absolute atomic E-state index is 0.0787. The molecule has 1 atom stereocenters. The first-order valence-electron chi connectivity index (χ1n) is 13.2. The maximum atomic E-state index is 15.2. The van der Waals surface area contributed by atoms with Crippen molar-refractivity contribution in [2.45, 2.75) is 32.9 Å². The molecule has 0 aliphatic rings. The third-order valence-corrected chi connectivity index (χ3v) is 6.36. The van der Waals surface area contributed by atoms with Crippen LogP contribution in [0.2, 0.25) is 0 Å². The number of amides is 1. The zero-order valence-electron chi connectivity index (χ0n) is 23.4. The van der Waals surface area contributed by atoms with Crippen LogP contribution in [-0.2, 0) is 0 Å². The first-order chi connectivity index (χ1) is 21.0. The van der Waals surface area contributed by atoms with E-state index in [0.29, 0.717) is 27.5 Å². The Morgan fingerprint density at radius 2 is 1.80 bits per heavy atom. The van der Waals surface area contributed by atoms with E-state index >= 15 is 4.39 Å². The number of anilines is 2. The number of nitrogens with zero attached hydrogens (tertiary/aromatic N) is 5. The summed E-state index contributed by atoms with van der Waals surface area (Å²) in [6.45, 7) is 4.70. The standard InChI is InChI=1S/C28H25F3N8O5/c1-13(2)39-28(43)38(16-5-6-17(29)18(30)11-16)27(42)23(37-39)26(41)34-15-4-7-20(19(31)10-15)44-21-8-9-32-24-22(21)25(36-35-24)33-14(3)12-40/h4-11,13-14,40H,12H2,1-3H3,(H,34,41)(H2,32,33,35,36)/t14-/m0/s1. The van der Waals surface area contributed by atoms with Gasteiger partial charge in [0.25, 0.3) is 11.5 Å². The number of halogens is 3. The highest BCUT2D eigenvalue weighted by Crippen LogP contribution is 2.34. The number of rotatable bonds is 9. The summed E-state index contributed by atoms with van der Waals surface area (Å²) in [5.74, 6) is -4.16. The molecule has 1 amide bonds. The fourth-order valence-electron chi connectivity index (χ4n) is 4.18. The van der Waals surface area contributed by atoms with Crippen LogP contribution >= 0.6 is 0 Å². The average Bonchev–Trinajstić information content (AvgIpc) is 3.39. The first-order valence-corrected chi connectivity index (χ1v) is 13.2. The van der Waals surface area contributed by atoms with E-state index in [1.54, 1.807) is 20.8 Å². The Bertz CT molecular complexity index is 2010. The quantitative estimate of drug-likeness (QED) is 0.195. The monoisotopic (exact) mass is 610 g/mol. The average molecular weight is 611 g/mol. The SMILES string of the molecule is CC(C)n1nc(C(=O)Nc2ccc(Oc3ccnc4[nH]nc(N[C@@H](C)CO)c34)c(F)c2)c(=O)n(-c2ccc(F)c(F)c2)c1=O. The summed E-state index contributed by atoms with van der Waals surface area (Å²) in [5, 5.41) is 25.9. The maximum Gasteiger partial charge on any atom is 0.352 e. The number of aromatic nitrogens is 6. The van der Waals surface area contributed by atoms with Crippen molar-refractivity contribution >= 4 is 28.4 Å². The van der Waals surface area contributed by atoms with Gasteiger partial charge < -0.3 is 20.5 Å². The van der Waals surface area contributed by atoms with Gasteiger partial charge in [-0.25, -0.2) is 32.2 Å². The summed E-state index contributed by atoms with van der Waals surface area (Å²) in [7, 11) is 0. The van der Waals surface area contributed by atoms with Gasteiger partial charge in [0, 0.05) is 36.1 Å². The zero-order valence-corrected chi connectivity index (χ0v) is 23.4. The van der Waals surface area contributed by atoms with Crippen LogP contribution < -0.4 is 26.6 Å². The molecule has 16 heteroatoms. The van der Waals surface area contributed by atoms with Gasteiger partial charge in [-0.3, -0.25) is 14.7 Å². The summed E-state index contributed by atoms with van der Waals surface area (Å²) in [5.41, 5.74) is -2.97. The fraction of sp³-hybridized carbons (Fsp3) is 0.214.